The van der Waals surface area contributed by atoms with Crippen LogP contribution in [-0.2, 0) is 0 Å². The molecule has 3 rings (SSSR count). The third-order valence-electron chi connectivity index (χ3n) is 3.28. The van der Waals surface area contributed by atoms with Crippen LogP contribution in [0, 0.1) is 6.92 Å². The van der Waals surface area contributed by atoms with E-state index in [0.29, 0.717) is 16.6 Å². The minimum absolute atomic E-state index is 0.370. The highest BCUT2D eigenvalue weighted by atomic mass is 79.9. The summed E-state index contributed by atoms with van der Waals surface area (Å²) in [6.45, 7) is 2.02. The Morgan fingerprint density at radius 2 is 1.86 bits per heavy atom. The van der Waals surface area contributed by atoms with Gasteiger partial charge >= 0.3 is 0 Å². The molecule has 0 bridgehead atoms. The molecular weight excluding hydrogens is 352 g/mol. The molecule has 1 aromatic heterocycles. The number of nitrogen functional groups attached to an aromatic ring is 1. The Hall–Kier alpha value is -1.78. The Labute approximate surface area is 135 Å². The van der Waals surface area contributed by atoms with E-state index in [2.05, 4.69) is 21.1 Å². The van der Waals surface area contributed by atoms with Gasteiger partial charge in [0.2, 0.25) is 0 Å². The van der Waals surface area contributed by atoms with Crippen molar-refractivity contribution >= 4 is 33.3 Å². The van der Waals surface area contributed by atoms with Crippen LogP contribution in [0.2, 0.25) is 5.02 Å². The maximum atomic E-state index is 5.98. The average Bonchev–Trinajstić information content (AvgIpc) is 2.82. The van der Waals surface area contributed by atoms with Crippen LogP contribution >= 0.6 is 27.5 Å². The topological polar surface area (TPSA) is 52.0 Å². The largest absolute Gasteiger partial charge is 0.380 e. The summed E-state index contributed by atoms with van der Waals surface area (Å²) in [6.07, 6.45) is 0. The molecule has 0 fully saturated rings. The molecule has 2 aromatic carbocycles. The fourth-order valence-electron chi connectivity index (χ4n) is 2.26. The van der Waals surface area contributed by atoms with Crippen LogP contribution in [0.5, 0.6) is 0 Å². The van der Waals surface area contributed by atoms with Gasteiger partial charge in [-0.3, -0.25) is 0 Å². The summed E-state index contributed by atoms with van der Waals surface area (Å²) in [7, 11) is 0. The van der Waals surface area contributed by atoms with Gasteiger partial charge in [0.05, 0.1) is 5.56 Å². The molecule has 0 unspecified atom stereocenters. The quantitative estimate of drug-likeness (QED) is 0.671. The van der Waals surface area contributed by atoms with Gasteiger partial charge in [-0.15, -0.1) is 0 Å². The predicted octanol–water partition coefficient (Wildman–Crippen LogP) is 5.32. The molecular formula is C16H12BrClN2O. The predicted molar refractivity (Wildman–Crippen MR) is 89.2 cm³/mol. The molecule has 0 atom stereocenters. The van der Waals surface area contributed by atoms with E-state index in [-0.39, 0.29) is 0 Å². The molecule has 2 N–H and O–H groups in total. The standard InChI is InChI=1S/C16H12BrClN2O/c1-9-8-11(17)4-7-13(9)15-14(16(19)20-21-15)10-2-5-12(18)6-3-10/h2-8H,1H3,(H2,19,20). The Bertz CT molecular complexity index is 797. The zero-order valence-electron chi connectivity index (χ0n) is 11.2. The normalized spacial score (nSPS) is 10.8. The molecule has 0 spiro atoms. The van der Waals surface area contributed by atoms with E-state index in [4.69, 9.17) is 21.9 Å². The number of halogens is 2. The van der Waals surface area contributed by atoms with E-state index in [9.17, 15) is 0 Å². The first kappa shape index (κ1) is 14.2. The highest BCUT2D eigenvalue weighted by Crippen LogP contribution is 2.38. The monoisotopic (exact) mass is 362 g/mol. The second-order valence-electron chi connectivity index (χ2n) is 4.74. The smallest absolute Gasteiger partial charge is 0.177 e. The Kier molecular flexibility index (Phi) is 3.74. The second kappa shape index (κ2) is 5.54. The summed E-state index contributed by atoms with van der Waals surface area (Å²) >= 11 is 9.40. The van der Waals surface area contributed by atoms with Crippen LogP contribution in [0.25, 0.3) is 22.5 Å². The molecule has 0 saturated heterocycles. The summed E-state index contributed by atoms with van der Waals surface area (Å²) in [5.74, 6) is 1.04. The number of anilines is 1. The van der Waals surface area contributed by atoms with Crippen molar-refractivity contribution in [1.82, 2.24) is 5.16 Å². The van der Waals surface area contributed by atoms with Crippen molar-refractivity contribution in [1.29, 1.82) is 0 Å². The summed E-state index contributed by atoms with van der Waals surface area (Å²) < 4.78 is 6.48. The maximum Gasteiger partial charge on any atom is 0.177 e. The highest BCUT2D eigenvalue weighted by Gasteiger charge is 2.19. The Morgan fingerprint density at radius 3 is 2.52 bits per heavy atom. The first-order valence-electron chi connectivity index (χ1n) is 6.34. The van der Waals surface area contributed by atoms with Crippen LogP contribution in [0.1, 0.15) is 5.56 Å². The number of aromatic nitrogens is 1. The number of nitrogens with two attached hydrogens (primary N) is 1. The van der Waals surface area contributed by atoms with Crippen LogP contribution in [-0.4, -0.2) is 5.16 Å². The van der Waals surface area contributed by atoms with E-state index in [0.717, 1.165) is 26.7 Å². The lowest BCUT2D eigenvalue weighted by Gasteiger charge is -2.06. The second-order valence-corrected chi connectivity index (χ2v) is 6.09. The van der Waals surface area contributed by atoms with Crippen LogP contribution in [0.15, 0.2) is 51.5 Å². The molecule has 0 aliphatic rings. The molecule has 3 nitrogen and oxygen atoms in total. The summed E-state index contributed by atoms with van der Waals surface area (Å²) in [6, 6.07) is 13.4. The number of nitrogens with zero attached hydrogens (tertiary/aromatic N) is 1. The zero-order chi connectivity index (χ0) is 15.0. The summed E-state index contributed by atoms with van der Waals surface area (Å²) in [4.78, 5) is 0. The number of rotatable bonds is 2. The number of hydrogen-bond acceptors (Lipinski definition) is 3. The lowest BCUT2D eigenvalue weighted by Crippen LogP contribution is -1.89. The van der Waals surface area contributed by atoms with Gasteiger partial charge in [0, 0.05) is 15.1 Å². The molecule has 21 heavy (non-hydrogen) atoms. The number of benzene rings is 2. The molecule has 106 valence electrons. The zero-order valence-corrected chi connectivity index (χ0v) is 13.6. The van der Waals surface area contributed by atoms with Gasteiger partial charge in [0.15, 0.2) is 11.6 Å². The third-order valence-corrected chi connectivity index (χ3v) is 4.03. The fraction of sp³-hybridized carbons (Fsp3) is 0.0625. The van der Waals surface area contributed by atoms with Gasteiger partial charge in [-0.25, -0.2) is 0 Å². The Balaban J connectivity index is 2.19. The van der Waals surface area contributed by atoms with Gasteiger partial charge in [0.25, 0.3) is 0 Å². The van der Waals surface area contributed by atoms with Gasteiger partial charge in [-0.05, 0) is 48.4 Å². The van der Waals surface area contributed by atoms with Crippen molar-refractivity contribution in [3.8, 4) is 22.5 Å². The lowest BCUT2D eigenvalue weighted by molar-refractivity contribution is 0.436. The van der Waals surface area contributed by atoms with Crippen LogP contribution in [0.4, 0.5) is 5.82 Å². The molecule has 5 heteroatoms. The van der Waals surface area contributed by atoms with Gasteiger partial charge in [-0.1, -0.05) is 44.8 Å². The van der Waals surface area contributed by atoms with E-state index in [1.807, 2.05) is 49.4 Å². The lowest BCUT2D eigenvalue weighted by atomic mass is 9.99. The van der Waals surface area contributed by atoms with Crippen molar-refractivity contribution in [3.63, 3.8) is 0 Å². The summed E-state index contributed by atoms with van der Waals surface area (Å²) in [5.41, 5.74) is 9.74. The van der Waals surface area contributed by atoms with E-state index >= 15 is 0 Å². The minimum atomic E-state index is 0.370. The van der Waals surface area contributed by atoms with Gasteiger partial charge in [0.1, 0.15) is 0 Å². The SMILES string of the molecule is Cc1cc(Br)ccc1-c1onc(N)c1-c1ccc(Cl)cc1. The fourth-order valence-corrected chi connectivity index (χ4v) is 2.87. The molecule has 0 radical (unpaired) electrons. The molecule has 3 aromatic rings. The number of hydrogen-bond donors (Lipinski definition) is 1. The van der Waals surface area contributed by atoms with E-state index in [1.54, 1.807) is 0 Å². The van der Waals surface area contributed by atoms with Crippen molar-refractivity contribution in [2.45, 2.75) is 6.92 Å². The van der Waals surface area contributed by atoms with Crippen molar-refractivity contribution in [2.24, 2.45) is 0 Å². The molecule has 0 amide bonds. The van der Waals surface area contributed by atoms with Crippen molar-refractivity contribution in [2.75, 3.05) is 5.73 Å². The molecule has 0 aliphatic heterocycles. The third kappa shape index (κ3) is 2.69. The van der Waals surface area contributed by atoms with Crippen molar-refractivity contribution < 1.29 is 4.52 Å². The number of aryl methyl sites for hydroxylation is 1. The van der Waals surface area contributed by atoms with Crippen molar-refractivity contribution in [3.05, 3.63) is 57.5 Å². The van der Waals surface area contributed by atoms with Gasteiger partial charge in [-0.2, -0.15) is 0 Å². The van der Waals surface area contributed by atoms with Gasteiger partial charge < -0.3 is 10.3 Å². The first-order valence-corrected chi connectivity index (χ1v) is 7.51. The molecule has 1 heterocycles. The Morgan fingerprint density at radius 1 is 1.14 bits per heavy atom. The molecule has 0 aliphatic carbocycles. The molecule has 0 saturated carbocycles. The average molecular weight is 364 g/mol. The summed E-state index contributed by atoms with van der Waals surface area (Å²) in [5, 5.41) is 4.59. The van der Waals surface area contributed by atoms with Crippen LogP contribution < -0.4 is 5.73 Å². The van der Waals surface area contributed by atoms with E-state index < -0.39 is 0 Å². The van der Waals surface area contributed by atoms with Crippen LogP contribution in [0.3, 0.4) is 0 Å². The van der Waals surface area contributed by atoms with E-state index in [1.165, 1.54) is 0 Å². The highest BCUT2D eigenvalue weighted by molar-refractivity contribution is 9.10. The minimum Gasteiger partial charge on any atom is -0.380 e. The maximum absolute atomic E-state index is 5.98. The first-order chi connectivity index (χ1) is 10.1.